The number of fused-ring (bicyclic) bond motifs is 1. The van der Waals surface area contributed by atoms with Gasteiger partial charge in [-0.2, -0.15) is 0 Å². The molecule has 3 aromatic rings. The standard InChI is InChI=1S/C16H13ClN4O4S/c17-10-3-1-2-9(4-10)7-26-12-5-11(22)14(15-19-8-20-21(12)15)16(25)18-6-13(23)24/h1-5,8H,6-7H2,(H,18,25)(H,19,20)(H,23,24). The molecule has 3 rings (SSSR count). The number of carboxylic acid groups (broad SMARTS) is 1. The first-order valence-corrected chi connectivity index (χ1v) is 8.78. The third-order valence-electron chi connectivity index (χ3n) is 3.43. The SMILES string of the molecule is O=C(O)CNC(=O)c1c(=O)cc(SCc2cccc(Cl)c2)n2[nH]cnc12. The van der Waals surface area contributed by atoms with Crippen molar-refractivity contribution in [3.63, 3.8) is 0 Å². The van der Waals surface area contributed by atoms with E-state index in [2.05, 4.69) is 15.4 Å². The van der Waals surface area contributed by atoms with Crippen LogP contribution in [-0.2, 0) is 10.5 Å². The van der Waals surface area contributed by atoms with Crippen LogP contribution in [0.5, 0.6) is 0 Å². The first-order valence-electron chi connectivity index (χ1n) is 7.42. The van der Waals surface area contributed by atoms with Gasteiger partial charge in [-0.15, -0.1) is 11.8 Å². The van der Waals surface area contributed by atoms with Gasteiger partial charge in [0.05, 0.1) is 0 Å². The maximum absolute atomic E-state index is 12.4. The van der Waals surface area contributed by atoms with Crippen LogP contribution in [0, 0.1) is 0 Å². The van der Waals surface area contributed by atoms with E-state index >= 15 is 0 Å². The Labute approximate surface area is 156 Å². The molecule has 0 aliphatic rings. The van der Waals surface area contributed by atoms with Crippen LogP contribution in [0.25, 0.3) is 5.65 Å². The molecule has 0 saturated heterocycles. The van der Waals surface area contributed by atoms with E-state index in [-0.39, 0.29) is 11.2 Å². The molecule has 2 aromatic heterocycles. The fourth-order valence-corrected chi connectivity index (χ4v) is 3.48. The van der Waals surface area contributed by atoms with Crippen molar-refractivity contribution in [2.45, 2.75) is 10.8 Å². The van der Waals surface area contributed by atoms with Crippen LogP contribution in [0.2, 0.25) is 5.02 Å². The molecule has 26 heavy (non-hydrogen) atoms. The highest BCUT2D eigenvalue weighted by molar-refractivity contribution is 7.98. The molecule has 0 atom stereocenters. The van der Waals surface area contributed by atoms with Crippen molar-refractivity contribution < 1.29 is 14.7 Å². The van der Waals surface area contributed by atoms with Gasteiger partial charge in [0.2, 0.25) is 0 Å². The number of aliphatic carboxylic acids is 1. The van der Waals surface area contributed by atoms with Gasteiger partial charge in [0, 0.05) is 16.8 Å². The minimum Gasteiger partial charge on any atom is -0.480 e. The topological polar surface area (TPSA) is 117 Å². The summed E-state index contributed by atoms with van der Waals surface area (Å²) in [7, 11) is 0. The number of pyridine rings is 1. The lowest BCUT2D eigenvalue weighted by molar-refractivity contribution is -0.135. The zero-order valence-electron chi connectivity index (χ0n) is 13.2. The third-order valence-corrected chi connectivity index (χ3v) is 4.74. The van der Waals surface area contributed by atoms with Crippen molar-refractivity contribution in [1.82, 2.24) is 19.9 Å². The van der Waals surface area contributed by atoms with Crippen molar-refractivity contribution in [3.05, 3.63) is 63.0 Å². The van der Waals surface area contributed by atoms with Crippen molar-refractivity contribution in [3.8, 4) is 0 Å². The van der Waals surface area contributed by atoms with E-state index in [0.29, 0.717) is 15.8 Å². The third kappa shape index (κ3) is 3.89. The van der Waals surface area contributed by atoms with Gasteiger partial charge in [0.15, 0.2) is 11.1 Å². The van der Waals surface area contributed by atoms with E-state index in [0.717, 1.165) is 5.56 Å². The van der Waals surface area contributed by atoms with E-state index in [1.807, 2.05) is 18.2 Å². The number of carboxylic acids is 1. The Morgan fingerprint density at radius 3 is 2.88 bits per heavy atom. The summed E-state index contributed by atoms with van der Waals surface area (Å²) in [6.07, 6.45) is 1.35. The predicted molar refractivity (Wildman–Crippen MR) is 96.8 cm³/mol. The lowest BCUT2D eigenvalue weighted by Gasteiger charge is -2.08. The fraction of sp³-hybridized carbons (Fsp3) is 0.125. The molecule has 0 spiro atoms. The molecule has 1 amide bonds. The molecule has 1 aromatic carbocycles. The molecule has 8 nitrogen and oxygen atoms in total. The number of benzene rings is 1. The Balaban J connectivity index is 1.90. The van der Waals surface area contributed by atoms with E-state index in [9.17, 15) is 14.4 Å². The van der Waals surface area contributed by atoms with E-state index in [4.69, 9.17) is 16.7 Å². The minimum absolute atomic E-state index is 0.133. The zero-order valence-corrected chi connectivity index (χ0v) is 14.8. The van der Waals surface area contributed by atoms with Gasteiger partial charge < -0.3 is 10.4 Å². The second-order valence-corrected chi connectivity index (χ2v) is 6.70. The Morgan fingerprint density at radius 1 is 1.35 bits per heavy atom. The largest absolute Gasteiger partial charge is 0.480 e. The molecule has 0 fully saturated rings. The first kappa shape index (κ1) is 18.0. The summed E-state index contributed by atoms with van der Waals surface area (Å²) in [6.45, 7) is -0.583. The van der Waals surface area contributed by atoms with Crippen molar-refractivity contribution in [2.24, 2.45) is 0 Å². The predicted octanol–water partition coefficient (Wildman–Crippen LogP) is 1.78. The van der Waals surface area contributed by atoms with Gasteiger partial charge in [-0.1, -0.05) is 23.7 Å². The minimum atomic E-state index is -1.20. The Hall–Kier alpha value is -2.78. The first-order chi connectivity index (χ1) is 12.5. The Morgan fingerprint density at radius 2 is 2.15 bits per heavy atom. The van der Waals surface area contributed by atoms with Gasteiger partial charge in [-0.3, -0.25) is 19.5 Å². The Bertz CT molecular complexity index is 1050. The molecule has 0 aliphatic heterocycles. The number of thioether (sulfide) groups is 1. The number of hydrogen-bond donors (Lipinski definition) is 3. The van der Waals surface area contributed by atoms with E-state index < -0.39 is 23.9 Å². The summed E-state index contributed by atoms with van der Waals surface area (Å²) in [5.74, 6) is -1.43. The summed E-state index contributed by atoms with van der Waals surface area (Å²) in [5.41, 5.74) is 0.369. The van der Waals surface area contributed by atoms with Crippen molar-refractivity contribution in [1.29, 1.82) is 0 Å². The second-order valence-electron chi connectivity index (χ2n) is 5.26. The van der Waals surface area contributed by atoms with Crippen LogP contribution in [0.15, 0.2) is 46.5 Å². The number of aromatic amines is 1. The van der Waals surface area contributed by atoms with Crippen LogP contribution < -0.4 is 10.7 Å². The molecule has 0 bridgehead atoms. The highest BCUT2D eigenvalue weighted by atomic mass is 35.5. The second kappa shape index (κ2) is 7.63. The van der Waals surface area contributed by atoms with Crippen molar-refractivity contribution >= 4 is 40.9 Å². The monoisotopic (exact) mass is 392 g/mol. The van der Waals surface area contributed by atoms with Crippen LogP contribution >= 0.6 is 23.4 Å². The normalized spacial score (nSPS) is 10.8. The van der Waals surface area contributed by atoms with Gasteiger partial charge in [0.1, 0.15) is 23.5 Å². The summed E-state index contributed by atoms with van der Waals surface area (Å²) in [4.78, 5) is 39.2. The molecular weight excluding hydrogens is 380 g/mol. The van der Waals surface area contributed by atoms with Crippen LogP contribution in [0.1, 0.15) is 15.9 Å². The van der Waals surface area contributed by atoms with Gasteiger partial charge in [-0.05, 0) is 17.7 Å². The summed E-state index contributed by atoms with van der Waals surface area (Å²) < 4.78 is 1.51. The highest BCUT2D eigenvalue weighted by Crippen LogP contribution is 2.24. The molecule has 0 saturated carbocycles. The number of carbonyl (C=O) groups is 2. The average molecular weight is 393 g/mol. The average Bonchev–Trinajstić information content (AvgIpc) is 3.07. The van der Waals surface area contributed by atoms with Crippen LogP contribution in [0.4, 0.5) is 0 Å². The maximum Gasteiger partial charge on any atom is 0.322 e. The fourth-order valence-electron chi connectivity index (χ4n) is 2.32. The molecule has 134 valence electrons. The number of amides is 1. The molecule has 2 heterocycles. The van der Waals surface area contributed by atoms with Crippen LogP contribution in [-0.4, -0.2) is 38.1 Å². The quantitative estimate of drug-likeness (QED) is 0.550. The number of H-pyrrole nitrogens is 1. The molecular formula is C16H13ClN4O4S. The molecule has 0 unspecified atom stereocenters. The number of carbonyl (C=O) groups excluding carboxylic acids is 1. The van der Waals surface area contributed by atoms with Gasteiger partial charge in [0.25, 0.3) is 5.91 Å². The number of halogens is 1. The van der Waals surface area contributed by atoms with E-state index in [1.54, 1.807) is 6.07 Å². The van der Waals surface area contributed by atoms with E-state index in [1.165, 1.54) is 28.7 Å². The Kier molecular flexibility index (Phi) is 5.29. The highest BCUT2D eigenvalue weighted by Gasteiger charge is 2.19. The maximum atomic E-state index is 12.4. The molecule has 0 aliphatic carbocycles. The lowest BCUT2D eigenvalue weighted by Crippen LogP contribution is -2.33. The lowest BCUT2D eigenvalue weighted by atomic mass is 10.2. The number of rotatable bonds is 6. The van der Waals surface area contributed by atoms with Crippen molar-refractivity contribution in [2.75, 3.05) is 6.54 Å². The summed E-state index contributed by atoms with van der Waals surface area (Å²) in [5, 5.41) is 14.9. The summed E-state index contributed by atoms with van der Waals surface area (Å²) >= 11 is 7.35. The van der Waals surface area contributed by atoms with Crippen LogP contribution in [0.3, 0.4) is 0 Å². The number of nitrogens with zero attached hydrogens (tertiary/aromatic N) is 2. The molecule has 10 heteroatoms. The number of hydrogen-bond acceptors (Lipinski definition) is 5. The number of nitrogens with one attached hydrogen (secondary N) is 2. The molecule has 0 radical (unpaired) electrons. The summed E-state index contributed by atoms with van der Waals surface area (Å²) in [6, 6.07) is 8.68. The zero-order chi connectivity index (χ0) is 18.7. The molecule has 3 N–H and O–H groups in total. The smallest absolute Gasteiger partial charge is 0.322 e. The van der Waals surface area contributed by atoms with Gasteiger partial charge >= 0.3 is 5.97 Å². The van der Waals surface area contributed by atoms with Gasteiger partial charge in [-0.25, -0.2) is 9.50 Å². The number of aromatic nitrogens is 3.